The van der Waals surface area contributed by atoms with Crippen molar-refractivity contribution in [3.05, 3.63) is 65.5 Å². The van der Waals surface area contributed by atoms with Crippen LogP contribution in [0.2, 0.25) is 0 Å². The predicted octanol–water partition coefficient (Wildman–Crippen LogP) is 2.98. The molecule has 5 heteroatoms. The maximum atomic E-state index is 12.1. The van der Waals surface area contributed by atoms with Gasteiger partial charge in [0, 0.05) is 38.6 Å². The van der Waals surface area contributed by atoms with Crippen LogP contribution in [0.25, 0.3) is 0 Å². The Kier molecular flexibility index (Phi) is 6.36. The van der Waals surface area contributed by atoms with Gasteiger partial charge in [0.25, 0.3) is 0 Å². The van der Waals surface area contributed by atoms with Gasteiger partial charge in [-0.05, 0) is 42.1 Å². The summed E-state index contributed by atoms with van der Waals surface area (Å²) >= 11 is 0. The Morgan fingerprint density at radius 3 is 2.73 bits per heavy atom. The molecule has 1 aromatic heterocycles. The highest BCUT2D eigenvalue weighted by atomic mass is 16.4. The Hall–Kier alpha value is -2.24. The van der Waals surface area contributed by atoms with Crippen LogP contribution >= 0.6 is 0 Å². The Balaban J connectivity index is 1.72. The van der Waals surface area contributed by atoms with Crippen molar-refractivity contribution in [1.82, 2.24) is 14.8 Å². The van der Waals surface area contributed by atoms with E-state index in [-0.39, 0.29) is 0 Å². The average Bonchev–Trinajstić information content (AvgIpc) is 2.88. The third kappa shape index (κ3) is 4.48. The lowest BCUT2D eigenvalue weighted by atomic mass is 9.97. The van der Waals surface area contributed by atoms with E-state index >= 15 is 0 Å². The summed E-state index contributed by atoms with van der Waals surface area (Å²) in [4.78, 5) is 20.8. The van der Waals surface area contributed by atoms with Crippen molar-refractivity contribution in [2.45, 2.75) is 32.4 Å². The Morgan fingerprint density at radius 2 is 2.00 bits per heavy atom. The number of carbonyl (C=O) groups is 1. The van der Waals surface area contributed by atoms with Crippen molar-refractivity contribution in [2.24, 2.45) is 0 Å². The number of carboxylic acids is 1. The van der Waals surface area contributed by atoms with Crippen molar-refractivity contribution >= 4 is 5.97 Å². The topological polar surface area (TPSA) is 56.7 Å². The molecule has 1 saturated heterocycles. The molecule has 5 nitrogen and oxygen atoms in total. The molecule has 1 aliphatic rings. The molecule has 0 bridgehead atoms. The van der Waals surface area contributed by atoms with E-state index in [0.717, 1.165) is 56.7 Å². The Labute approximate surface area is 155 Å². The molecule has 1 N–H and O–H groups in total. The SMILES string of the molecule is CCc1ccccc1C(C(=O)O)N1CCCN(Cc2cccnc2)CC1. The molecule has 2 heterocycles. The highest BCUT2D eigenvalue weighted by Gasteiger charge is 2.30. The van der Waals surface area contributed by atoms with Gasteiger partial charge in [-0.2, -0.15) is 0 Å². The number of aryl methyl sites for hydroxylation is 1. The van der Waals surface area contributed by atoms with Crippen molar-refractivity contribution in [3.63, 3.8) is 0 Å². The number of aliphatic carboxylic acids is 1. The van der Waals surface area contributed by atoms with Gasteiger partial charge in [0.1, 0.15) is 6.04 Å². The summed E-state index contributed by atoms with van der Waals surface area (Å²) in [7, 11) is 0. The fraction of sp³-hybridized carbons (Fsp3) is 0.429. The molecule has 26 heavy (non-hydrogen) atoms. The third-order valence-electron chi connectivity index (χ3n) is 5.08. The van der Waals surface area contributed by atoms with Crippen LogP contribution in [0.5, 0.6) is 0 Å². The van der Waals surface area contributed by atoms with Crippen LogP contribution in [-0.4, -0.2) is 52.0 Å². The molecule has 2 aromatic rings. The molecule has 0 amide bonds. The van der Waals surface area contributed by atoms with Crippen LogP contribution in [0, 0.1) is 0 Å². The fourth-order valence-corrected chi connectivity index (χ4v) is 3.77. The normalized spacial score (nSPS) is 17.6. The molecule has 0 radical (unpaired) electrons. The summed E-state index contributed by atoms with van der Waals surface area (Å²) in [6.07, 6.45) is 5.51. The fourth-order valence-electron chi connectivity index (χ4n) is 3.77. The summed E-state index contributed by atoms with van der Waals surface area (Å²) in [5.74, 6) is -0.758. The number of aromatic nitrogens is 1. The Morgan fingerprint density at radius 1 is 1.15 bits per heavy atom. The van der Waals surface area contributed by atoms with E-state index in [1.807, 2.05) is 36.5 Å². The van der Waals surface area contributed by atoms with Crippen molar-refractivity contribution in [2.75, 3.05) is 26.2 Å². The zero-order valence-corrected chi connectivity index (χ0v) is 15.3. The second kappa shape index (κ2) is 8.92. The molecule has 1 aromatic carbocycles. The average molecular weight is 353 g/mol. The smallest absolute Gasteiger partial charge is 0.325 e. The molecular weight excluding hydrogens is 326 g/mol. The first kappa shape index (κ1) is 18.5. The van der Waals surface area contributed by atoms with Gasteiger partial charge in [0.2, 0.25) is 0 Å². The van der Waals surface area contributed by atoms with Gasteiger partial charge in [-0.25, -0.2) is 0 Å². The first-order valence-electron chi connectivity index (χ1n) is 9.35. The summed E-state index contributed by atoms with van der Waals surface area (Å²) < 4.78 is 0. The van der Waals surface area contributed by atoms with Crippen LogP contribution in [0.15, 0.2) is 48.8 Å². The zero-order valence-electron chi connectivity index (χ0n) is 15.3. The van der Waals surface area contributed by atoms with Crippen LogP contribution < -0.4 is 0 Å². The zero-order chi connectivity index (χ0) is 18.4. The van der Waals surface area contributed by atoms with Crippen LogP contribution in [-0.2, 0) is 17.8 Å². The van der Waals surface area contributed by atoms with E-state index in [1.165, 1.54) is 5.56 Å². The number of hydrogen-bond donors (Lipinski definition) is 1. The van der Waals surface area contributed by atoms with Gasteiger partial charge in [-0.1, -0.05) is 37.3 Å². The number of carboxylic acid groups (broad SMARTS) is 1. The predicted molar refractivity (Wildman–Crippen MR) is 102 cm³/mol. The quantitative estimate of drug-likeness (QED) is 0.865. The van der Waals surface area contributed by atoms with E-state index in [1.54, 1.807) is 6.20 Å². The van der Waals surface area contributed by atoms with Gasteiger partial charge in [0.15, 0.2) is 0 Å². The molecule has 138 valence electrons. The second-order valence-corrected chi connectivity index (χ2v) is 6.82. The number of nitrogens with zero attached hydrogens (tertiary/aromatic N) is 3. The van der Waals surface area contributed by atoms with Gasteiger partial charge in [0.05, 0.1) is 0 Å². The first-order valence-corrected chi connectivity index (χ1v) is 9.35. The second-order valence-electron chi connectivity index (χ2n) is 6.82. The standard InChI is InChI=1S/C21H27N3O2/c1-2-18-8-3-4-9-19(18)20(21(25)26)24-12-6-11-23(13-14-24)16-17-7-5-10-22-15-17/h3-5,7-10,15,20H,2,6,11-14,16H2,1H3,(H,25,26). The van der Waals surface area contributed by atoms with Gasteiger partial charge in [-0.3, -0.25) is 19.6 Å². The van der Waals surface area contributed by atoms with Crippen molar-refractivity contribution in [3.8, 4) is 0 Å². The molecule has 1 fully saturated rings. The van der Waals surface area contributed by atoms with Gasteiger partial charge >= 0.3 is 5.97 Å². The van der Waals surface area contributed by atoms with E-state index in [2.05, 4.69) is 27.8 Å². The van der Waals surface area contributed by atoms with Crippen molar-refractivity contribution < 1.29 is 9.90 Å². The summed E-state index contributed by atoms with van der Waals surface area (Å²) in [6.45, 7) is 6.36. The largest absolute Gasteiger partial charge is 0.480 e. The molecule has 0 spiro atoms. The molecule has 3 rings (SSSR count). The van der Waals surface area contributed by atoms with Gasteiger partial charge in [-0.15, -0.1) is 0 Å². The number of pyridine rings is 1. The monoisotopic (exact) mass is 353 g/mol. The van der Waals surface area contributed by atoms with Crippen LogP contribution in [0.4, 0.5) is 0 Å². The highest BCUT2D eigenvalue weighted by molar-refractivity contribution is 5.76. The maximum absolute atomic E-state index is 12.1. The molecule has 0 saturated carbocycles. The minimum atomic E-state index is -0.758. The lowest BCUT2D eigenvalue weighted by Gasteiger charge is -2.29. The lowest BCUT2D eigenvalue weighted by molar-refractivity contribution is -0.143. The van der Waals surface area contributed by atoms with Crippen LogP contribution in [0.1, 0.15) is 36.1 Å². The summed E-state index contributed by atoms with van der Waals surface area (Å²) in [5, 5.41) is 9.93. The minimum absolute atomic E-state index is 0.565. The molecular formula is C21H27N3O2. The van der Waals surface area contributed by atoms with E-state index < -0.39 is 12.0 Å². The number of rotatable bonds is 6. The summed E-state index contributed by atoms with van der Waals surface area (Å²) in [5.41, 5.74) is 3.26. The molecule has 1 aliphatic heterocycles. The van der Waals surface area contributed by atoms with Crippen molar-refractivity contribution in [1.29, 1.82) is 0 Å². The number of hydrogen-bond acceptors (Lipinski definition) is 4. The molecule has 1 unspecified atom stereocenters. The van der Waals surface area contributed by atoms with E-state index in [0.29, 0.717) is 0 Å². The van der Waals surface area contributed by atoms with E-state index in [4.69, 9.17) is 0 Å². The van der Waals surface area contributed by atoms with Crippen LogP contribution in [0.3, 0.4) is 0 Å². The van der Waals surface area contributed by atoms with E-state index in [9.17, 15) is 9.90 Å². The lowest BCUT2D eigenvalue weighted by Crippen LogP contribution is -2.37. The third-order valence-corrected chi connectivity index (χ3v) is 5.08. The Bertz CT molecular complexity index is 720. The van der Waals surface area contributed by atoms with Gasteiger partial charge < -0.3 is 5.11 Å². The maximum Gasteiger partial charge on any atom is 0.325 e. The number of benzene rings is 1. The summed E-state index contributed by atoms with van der Waals surface area (Å²) in [6, 6.07) is 11.4. The molecule has 0 aliphatic carbocycles. The highest BCUT2D eigenvalue weighted by Crippen LogP contribution is 2.26. The minimum Gasteiger partial charge on any atom is -0.480 e. The first-order chi connectivity index (χ1) is 12.7. The molecule has 1 atom stereocenters.